The van der Waals surface area contributed by atoms with E-state index in [9.17, 15) is 4.79 Å². The minimum Gasteiger partial charge on any atom is -0.367 e. The highest BCUT2D eigenvalue weighted by Crippen LogP contribution is 2.37. The SMILES string of the molecule is CNC(=O)c1ccc2sc3ncnc(N[C@H]4CC[C@H](N(C)C)CC4)c3c2c1. The number of benzene rings is 1. The van der Waals surface area contributed by atoms with Gasteiger partial charge in [-0.05, 0) is 58.0 Å². The van der Waals surface area contributed by atoms with E-state index in [0.29, 0.717) is 17.6 Å². The van der Waals surface area contributed by atoms with E-state index in [1.165, 1.54) is 12.8 Å². The quantitative estimate of drug-likeness (QED) is 0.722. The number of anilines is 1. The fourth-order valence-electron chi connectivity index (χ4n) is 3.93. The van der Waals surface area contributed by atoms with E-state index in [4.69, 9.17) is 0 Å². The smallest absolute Gasteiger partial charge is 0.251 e. The number of hydrogen-bond acceptors (Lipinski definition) is 6. The zero-order chi connectivity index (χ0) is 19.0. The van der Waals surface area contributed by atoms with Crippen LogP contribution in [0.2, 0.25) is 0 Å². The largest absolute Gasteiger partial charge is 0.367 e. The van der Waals surface area contributed by atoms with E-state index in [1.54, 1.807) is 24.7 Å². The van der Waals surface area contributed by atoms with Gasteiger partial charge in [-0.2, -0.15) is 0 Å². The number of fused-ring (bicyclic) bond motifs is 3. The van der Waals surface area contributed by atoms with Gasteiger partial charge in [-0.25, -0.2) is 9.97 Å². The van der Waals surface area contributed by atoms with Gasteiger partial charge < -0.3 is 15.5 Å². The predicted molar refractivity (Wildman–Crippen MR) is 112 cm³/mol. The molecule has 0 saturated heterocycles. The molecule has 2 heterocycles. The van der Waals surface area contributed by atoms with E-state index >= 15 is 0 Å². The van der Waals surface area contributed by atoms with E-state index in [2.05, 4.69) is 39.6 Å². The van der Waals surface area contributed by atoms with Gasteiger partial charge in [0.05, 0.1) is 5.39 Å². The molecule has 1 aromatic carbocycles. The molecular weight excluding hydrogens is 358 g/mol. The molecule has 27 heavy (non-hydrogen) atoms. The minimum absolute atomic E-state index is 0.0791. The number of hydrogen-bond donors (Lipinski definition) is 2. The Kier molecular flexibility index (Phi) is 4.97. The number of aromatic nitrogens is 2. The Morgan fingerprint density at radius 2 is 1.96 bits per heavy atom. The summed E-state index contributed by atoms with van der Waals surface area (Å²) in [5.41, 5.74) is 0.658. The highest BCUT2D eigenvalue weighted by molar-refractivity contribution is 7.25. The Hall–Kier alpha value is -2.25. The first kappa shape index (κ1) is 18.1. The molecular formula is C20H25N5OS. The van der Waals surface area contributed by atoms with E-state index in [-0.39, 0.29) is 5.91 Å². The Balaban J connectivity index is 1.67. The van der Waals surface area contributed by atoms with Gasteiger partial charge >= 0.3 is 0 Å². The van der Waals surface area contributed by atoms with Crippen molar-refractivity contribution in [2.45, 2.75) is 37.8 Å². The van der Waals surface area contributed by atoms with Crippen LogP contribution in [0, 0.1) is 0 Å². The highest BCUT2D eigenvalue weighted by Gasteiger charge is 2.23. The van der Waals surface area contributed by atoms with E-state index in [1.807, 2.05) is 18.2 Å². The van der Waals surface area contributed by atoms with Crippen LogP contribution in [-0.2, 0) is 0 Å². The first-order valence-electron chi connectivity index (χ1n) is 9.39. The summed E-state index contributed by atoms with van der Waals surface area (Å²) in [4.78, 5) is 24.3. The molecule has 2 N–H and O–H groups in total. The summed E-state index contributed by atoms with van der Waals surface area (Å²) in [5, 5.41) is 8.42. The molecule has 2 aromatic heterocycles. The average Bonchev–Trinajstić information content (AvgIpc) is 3.06. The molecule has 142 valence electrons. The molecule has 7 heteroatoms. The number of carbonyl (C=O) groups excluding carboxylic acids is 1. The minimum atomic E-state index is -0.0791. The number of nitrogens with zero attached hydrogens (tertiary/aromatic N) is 3. The highest BCUT2D eigenvalue weighted by atomic mass is 32.1. The van der Waals surface area contributed by atoms with Gasteiger partial charge in [0.2, 0.25) is 0 Å². The van der Waals surface area contributed by atoms with Gasteiger partial charge in [0.1, 0.15) is 17.0 Å². The van der Waals surface area contributed by atoms with Gasteiger partial charge in [0.25, 0.3) is 5.91 Å². The first-order valence-corrected chi connectivity index (χ1v) is 10.2. The molecule has 0 atom stereocenters. The fourth-order valence-corrected chi connectivity index (χ4v) is 4.96. The van der Waals surface area contributed by atoms with Gasteiger partial charge in [0, 0.05) is 34.8 Å². The van der Waals surface area contributed by atoms with Gasteiger partial charge in [-0.3, -0.25) is 4.79 Å². The van der Waals surface area contributed by atoms with Gasteiger partial charge in [-0.1, -0.05) is 0 Å². The van der Waals surface area contributed by atoms with Crippen LogP contribution < -0.4 is 10.6 Å². The first-order chi connectivity index (χ1) is 13.1. The van der Waals surface area contributed by atoms with Crippen molar-refractivity contribution in [3.63, 3.8) is 0 Å². The number of carbonyl (C=O) groups is 1. The third-order valence-corrected chi connectivity index (χ3v) is 6.60. The van der Waals surface area contributed by atoms with Gasteiger partial charge in [-0.15, -0.1) is 11.3 Å². The lowest BCUT2D eigenvalue weighted by Gasteiger charge is -2.33. The van der Waals surface area contributed by atoms with Crippen molar-refractivity contribution >= 4 is 43.4 Å². The zero-order valence-electron chi connectivity index (χ0n) is 16.0. The average molecular weight is 384 g/mol. The molecule has 0 spiro atoms. The molecule has 4 rings (SSSR count). The molecule has 1 amide bonds. The second-order valence-electron chi connectivity index (χ2n) is 7.41. The second-order valence-corrected chi connectivity index (χ2v) is 8.44. The third kappa shape index (κ3) is 3.49. The zero-order valence-corrected chi connectivity index (χ0v) is 16.8. The molecule has 0 aliphatic heterocycles. The Bertz CT molecular complexity index is 975. The maximum Gasteiger partial charge on any atom is 0.251 e. The Labute approximate surface area is 163 Å². The van der Waals surface area contributed by atoms with Gasteiger partial charge in [0.15, 0.2) is 0 Å². The van der Waals surface area contributed by atoms with E-state index in [0.717, 1.165) is 39.0 Å². The van der Waals surface area contributed by atoms with Crippen LogP contribution in [0.4, 0.5) is 5.82 Å². The standard InChI is InChI=1S/C20H25N5OS/c1-21-19(26)12-4-9-16-15(10-12)17-18(22-11-23-20(17)27-16)24-13-5-7-14(8-6-13)25(2)3/h4,9-11,13-14H,5-8H2,1-3H3,(H,21,26)(H,22,23,24)/t13-,14-. The molecule has 1 saturated carbocycles. The third-order valence-electron chi connectivity index (χ3n) is 5.53. The van der Waals surface area contributed by atoms with Crippen LogP contribution in [0.5, 0.6) is 0 Å². The Morgan fingerprint density at radius 3 is 2.67 bits per heavy atom. The van der Waals surface area contributed by atoms with Crippen molar-refractivity contribution in [3.8, 4) is 0 Å². The van der Waals surface area contributed by atoms with Crippen molar-refractivity contribution in [2.24, 2.45) is 0 Å². The topological polar surface area (TPSA) is 70.1 Å². The second kappa shape index (κ2) is 7.40. The number of amides is 1. The number of thiophene rings is 1. The molecule has 0 radical (unpaired) electrons. The molecule has 0 unspecified atom stereocenters. The maximum absolute atomic E-state index is 12.0. The van der Waals surface area contributed by atoms with Crippen LogP contribution in [0.25, 0.3) is 20.3 Å². The molecule has 3 aromatic rings. The van der Waals surface area contributed by atoms with Crippen LogP contribution in [0.1, 0.15) is 36.0 Å². The van der Waals surface area contributed by atoms with Crippen LogP contribution in [-0.4, -0.2) is 54.0 Å². The summed E-state index contributed by atoms with van der Waals surface area (Å²) in [6.07, 6.45) is 6.30. The Morgan fingerprint density at radius 1 is 1.19 bits per heavy atom. The van der Waals surface area contributed by atoms with Crippen molar-refractivity contribution < 1.29 is 4.79 Å². The molecule has 0 bridgehead atoms. The van der Waals surface area contributed by atoms with Crippen LogP contribution >= 0.6 is 11.3 Å². The summed E-state index contributed by atoms with van der Waals surface area (Å²) in [5.74, 6) is 0.804. The lowest BCUT2D eigenvalue weighted by molar-refractivity contribution is 0.0963. The van der Waals surface area contributed by atoms with Crippen LogP contribution in [0.3, 0.4) is 0 Å². The summed E-state index contributed by atoms with van der Waals surface area (Å²) in [7, 11) is 5.97. The molecule has 1 aliphatic carbocycles. The summed E-state index contributed by atoms with van der Waals surface area (Å²) in [6, 6.07) is 6.91. The van der Waals surface area contributed by atoms with E-state index < -0.39 is 0 Å². The summed E-state index contributed by atoms with van der Waals surface area (Å²) < 4.78 is 1.12. The fraction of sp³-hybridized carbons (Fsp3) is 0.450. The molecule has 1 aliphatic rings. The molecule has 6 nitrogen and oxygen atoms in total. The lowest BCUT2D eigenvalue weighted by atomic mass is 9.90. The summed E-state index contributed by atoms with van der Waals surface area (Å²) in [6.45, 7) is 0. The van der Waals surface area contributed by atoms with Crippen LogP contribution in [0.15, 0.2) is 24.5 Å². The van der Waals surface area contributed by atoms with Crippen molar-refractivity contribution in [1.29, 1.82) is 0 Å². The number of rotatable bonds is 4. The maximum atomic E-state index is 12.0. The van der Waals surface area contributed by atoms with Crippen molar-refractivity contribution in [1.82, 2.24) is 20.2 Å². The summed E-state index contributed by atoms with van der Waals surface area (Å²) >= 11 is 1.64. The normalized spacial score (nSPS) is 20.3. The van der Waals surface area contributed by atoms with Crippen molar-refractivity contribution in [2.75, 3.05) is 26.5 Å². The number of nitrogens with one attached hydrogen (secondary N) is 2. The monoisotopic (exact) mass is 383 g/mol. The predicted octanol–water partition coefficient (Wildman–Crippen LogP) is 3.49. The van der Waals surface area contributed by atoms with Crippen molar-refractivity contribution in [3.05, 3.63) is 30.1 Å². The molecule has 1 fully saturated rings. The lowest BCUT2D eigenvalue weighted by Crippen LogP contribution is -2.36.